The smallest absolute Gasteiger partial charge is 0.333 e. The van der Waals surface area contributed by atoms with E-state index in [0.717, 1.165) is 31.8 Å². The van der Waals surface area contributed by atoms with E-state index in [1.807, 2.05) is 0 Å². The number of unbranched alkanes of at least 4 members (excludes halogenated alkanes) is 3. The van der Waals surface area contributed by atoms with Gasteiger partial charge < -0.3 is 14.2 Å². The van der Waals surface area contributed by atoms with Crippen molar-refractivity contribution in [3.05, 3.63) is 48.1 Å². The van der Waals surface area contributed by atoms with Crippen LogP contribution in [-0.2, 0) is 19.1 Å². The van der Waals surface area contributed by atoms with Gasteiger partial charge in [0.25, 0.3) is 0 Å². The Morgan fingerprint density at radius 2 is 1.65 bits per heavy atom. The Balaban J connectivity index is 2.19. The summed E-state index contributed by atoms with van der Waals surface area (Å²) < 4.78 is 52.3. The van der Waals surface area contributed by atoms with Crippen LogP contribution >= 0.6 is 0 Å². The molecule has 0 aromatic heterocycles. The van der Waals surface area contributed by atoms with Gasteiger partial charge in [-0.3, -0.25) is 0 Å². The molecule has 0 aliphatic heterocycles. The fraction of sp³-hybridized carbons (Fsp3) is 0.478. The van der Waals surface area contributed by atoms with E-state index in [-0.39, 0.29) is 5.97 Å². The molecule has 1 unspecified atom stereocenters. The summed E-state index contributed by atoms with van der Waals surface area (Å²) in [5.41, 5.74) is 1.07. The van der Waals surface area contributed by atoms with Gasteiger partial charge in [-0.15, -0.1) is 0 Å². The van der Waals surface area contributed by atoms with Gasteiger partial charge in [0.15, 0.2) is 0 Å². The second-order valence-electron chi connectivity index (χ2n) is 6.90. The lowest BCUT2D eigenvalue weighted by molar-refractivity contribution is -0.152. The molecule has 0 saturated carbocycles. The maximum Gasteiger partial charge on any atom is 0.333 e. The topological polar surface area (TPSA) is 61.8 Å². The molecule has 0 fully saturated rings. The Bertz CT molecular complexity index is 716. The monoisotopic (exact) mass is 442 g/mol. The zero-order valence-corrected chi connectivity index (χ0v) is 17.7. The van der Waals surface area contributed by atoms with Crippen LogP contribution in [0.25, 0.3) is 6.08 Å². The van der Waals surface area contributed by atoms with Gasteiger partial charge in [-0.05, 0) is 56.4 Å². The molecular weight excluding hydrogens is 413 g/mol. The molecule has 1 aromatic carbocycles. The summed E-state index contributed by atoms with van der Waals surface area (Å²) in [6, 6.07) is 6.92. The molecule has 1 rings (SSSR count). The third kappa shape index (κ3) is 13.2. The first-order valence-corrected chi connectivity index (χ1v) is 10.1. The van der Waals surface area contributed by atoms with E-state index in [9.17, 15) is 22.8 Å². The highest BCUT2D eigenvalue weighted by atomic mass is 19.3. The van der Waals surface area contributed by atoms with Crippen molar-refractivity contribution in [2.24, 2.45) is 0 Å². The van der Waals surface area contributed by atoms with Crippen LogP contribution in [0.1, 0.15) is 51.0 Å². The van der Waals surface area contributed by atoms with Gasteiger partial charge in [0.2, 0.25) is 12.8 Å². The van der Waals surface area contributed by atoms with Crippen LogP contribution in [0.4, 0.5) is 13.2 Å². The number of hydrogen-bond donors (Lipinski definition) is 0. The summed E-state index contributed by atoms with van der Waals surface area (Å²) in [4.78, 5) is 22.7. The van der Waals surface area contributed by atoms with Crippen molar-refractivity contribution in [3.8, 4) is 5.75 Å². The standard InChI is InChI=1S/C23H29F3O5/c1-17(2)23(28)30-16-6-4-3-5-15-29-19-10-7-18(8-11-19)9-14-22(27)31-21(26)13-12-20(24)25/h7-11,14,20-21H,1,3-6,12-13,15-16H2,2H3/b14-9+. The van der Waals surface area contributed by atoms with Crippen molar-refractivity contribution >= 4 is 18.0 Å². The largest absolute Gasteiger partial charge is 0.494 e. The van der Waals surface area contributed by atoms with Gasteiger partial charge in [-0.2, -0.15) is 0 Å². The minimum absolute atomic E-state index is 0.366. The summed E-state index contributed by atoms with van der Waals surface area (Å²) in [5, 5.41) is 0. The van der Waals surface area contributed by atoms with E-state index < -0.39 is 31.6 Å². The van der Waals surface area contributed by atoms with Crippen LogP contribution in [0.5, 0.6) is 5.75 Å². The molecule has 1 aromatic rings. The molecule has 1 atom stereocenters. The van der Waals surface area contributed by atoms with E-state index in [0.29, 0.717) is 30.1 Å². The predicted octanol–water partition coefficient (Wildman–Crippen LogP) is 5.64. The third-order valence-electron chi connectivity index (χ3n) is 4.04. The van der Waals surface area contributed by atoms with Gasteiger partial charge in [0.05, 0.1) is 13.2 Å². The number of halogens is 3. The van der Waals surface area contributed by atoms with Crippen molar-refractivity contribution in [3.63, 3.8) is 0 Å². The van der Waals surface area contributed by atoms with Crippen LogP contribution in [0.3, 0.4) is 0 Å². The Morgan fingerprint density at radius 1 is 1.00 bits per heavy atom. The summed E-state index contributed by atoms with van der Waals surface area (Å²) >= 11 is 0. The number of esters is 2. The quantitative estimate of drug-likeness (QED) is 0.200. The van der Waals surface area contributed by atoms with Crippen LogP contribution < -0.4 is 4.74 Å². The second kappa shape index (κ2) is 15.1. The Morgan fingerprint density at radius 3 is 2.26 bits per heavy atom. The fourth-order valence-electron chi connectivity index (χ4n) is 2.36. The molecule has 0 aliphatic carbocycles. The van der Waals surface area contributed by atoms with E-state index in [2.05, 4.69) is 11.3 Å². The van der Waals surface area contributed by atoms with Gasteiger partial charge >= 0.3 is 11.9 Å². The molecule has 8 heteroatoms. The number of benzene rings is 1. The van der Waals surface area contributed by atoms with Gasteiger partial charge in [0.1, 0.15) is 5.75 Å². The number of rotatable bonds is 15. The first-order chi connectivity index (χ1) is 14.8. The number of alkyl halides is 3. The molecule has 0 spiro atoms. The summed E-state index contributed by atoms with van der Waals surface area (Å²) in [7, 11) is 0. The van der Waals surface area contributed by atoms with Crippen molar-refractivity contribution in [1.82, 2.24) is 0 Å². The van der Waals surface area contributed by atoms with Crippen LogP contribution in [0, 0.1) is 0 Å². The molecule has 0 radical (unpaired) electrons. The molecule has 0 amide bonds. The van der Waals surface area contributed by atoms with Crippen LogP contribution in [0.2, 0.25) is 0 Å². The average Bonchev–Trinajstić information content (AvgIpc) is 2.73. The molecule has 5 nitrogen and oxygen atoms in total. The van der Waals surface area contributed by atoms with Crippen LogP contribution in [0.15, 0.2) is 42.5 Å². The van der Waals surface area contributed by atoms with Gasteiger partial charge in [-0.25, -0.2) is 22.8 Å². The van der Waals surface area contributed by atoms with Crippen LogP contribution in [-0.4, -0.2) is 37.9 Å². The van der Waals surface area contributed by atoms with E-state index in [4.69, 9.17) is 9.47 Å². The lowest BCUT2D eigenvalue weighted by atomic mass is 10.2. The molecule has 0 heterocycles. The Hall–Kier alpha value is -2.77. The molecule has 172 valence electrons. The van der Waals surface area contributed by atoms with Gasteiger partial charge in [0, 0.05) is 24.5 Å². The van der Waals surface area contributed by atoms with E-state index in [1.165, 1.54) is 6.08 Å². The van der Waals surface area contributed by atoms with Gasteiger partial charge in [-0.1, -0.05) is 18.7 Å². The van der Waals surface area contributed by atoms with E-state index >= 15 is 0 Å². The van der Waals surface area contributed by atoms with E-state index in [1.54, 1.807) is 31.2 Å². The van der Waals surface area contributed by atoms with Crippen molar-refractivity contribution in [1.29, 1.82) is 0 Å². The number of carbonyl (C=O) groups excluding carboxylic acids is 2. The lowest BCUT2D eigenvalue weighted by Gasteiger charge is -2.08. The SMILES string of the molecule is C=C(C)C(=O)OCCCCCCOc1ccc(/C=C/C(=O)OC(F)CCC(F)F)cc1. The summed E-state index contributed by atoms with van der Waals surface area (Å²) in [6.07, 6.45) is 0.117. The molecule has 31 heavy (non-hydrogen) atoms. The zero-order chi connectivity index (χ0) is 23.1. The van der Waals surface area contributed by atoms with Crippen molar-refractivity contribution < 1.29 is 37.0 Å². The third-order valence-corrected chi connectivity index (χ3v) is 4.04. The molecule has 0 bridgehead atoms. The zero-order valence-electron chi connectivity index (χ0n) is 17.7. The maximum absolute atomic E-state index is 13.2. The second-order valence-corrected chi connectivity index (χ2v) is 6.90. The summed E-state index contributed by atoms with van der Waals surface area (Å²) in [6.45, 7) is 6.06. The lowest BCUT2D eigenvalue weighted by Crippen LogP contribution is -2.12. The predicted molar refractivity (Wildman–Crippen MR) is 111 cm³/mol. The molecular formula is C23H29F3O5. The van der Waals surface area contributed by atoms with Crippen molar-refractivity contribution in [2.45, 2.75) is 58.2 Å². The minimum atomic E-state index is -2.63. The van der Waals surface area contributed by atoms with Crippen molar-refractivity contribution in [2.75, 3.05) is 13.2 Å². The normalized spacial score (nSPS) is 12.0. The number of ether oxygens (including phenoxy) is 3. The highest BCUT2D eigenvalue weighted by molar-refractivity contribution is 5.87. The summed E-state index contributed by atoms with van der Waals surface area (Å²) in [5.74, 6) is -0.627. The molecule has 0 N–H and O–H groups in total. The fourth-order valence-corrected chi connectivity index (χ4v) is 2.36. The first kappa shape index (κ1) is 26.3. The maximum atomic E-state index is 13.2. The highest BCUT2D eigenvalue weighted by Crippen LogP contribution is 2.15. The first-order valence-electron chi connectivity index (χ1n) is 10.1. The molecule has 0 saturated heterocycles. The number of carbonyl (C=O) groups is 2. The minimum Gasteiger partial charge on any atom is -0.494 e. The highest BCUT2D eigenvalue weighted by Gasteiger charge is 2.13. The molecule has 0 aliphatic rings. The Labute approximate surface area is 180 Å². The Kier molecular flexibility index (Phi) is 12.8. The average molecular weight is 442 g/mol. The number of hydrogen-bond acceptors (Lipinski definition) is 5.